The van der Waals surface area contributed by atoms with E-state index in [9.17, 15) is 23.3 Å². The quantitative estimate of drug-likeness (QED) is 0.596. The van der Waals surface area contributed by atoms with Crippen LogP contribution in [0.15, 0.2) is 24.4 Å². The van der Waals surface area contributed by atoms with Crippen molar-refractivity contribution in [3.05, 3.63) is 40.1 Å². The van der Waals surface area contributed by atoms with Gasteiger partial charge in [0, 0.05) is 42.9 Å². The van der Waals surface area contributed by atoms with Crippen molar-refractivity contribution in [2.45, 2.75) is 31.4 Å². The highest BCUT2D eigenvalue weighted by molar-refractivity contribution is 7.91. The van der Waals surface area contributed by atoms with Gasteiger partial charge in [-0.15, -0.1) is 0 Å². The smallest absolute Gasteiger partial charge is 0.271 e. The Morgan fingerprint density at radius 2 is 2.18 bits per heavy atom. The second kappa shape index (κ2) is 7.17. The number of nitrogens with zero attached hydrogens (tertiary/aromatic N) is 2. The number of aromatic amines is 1. The van der Waals surface area contributed by atoms with Crippen LogP contribution in [0, 0.1) is 10.1 Å². The number of benzene rings is 1. The van der Waals surface area contributed by atoms with E-state index in [0.717, 1.165) is 12.8 Å². The molecule has 150 valence electrons. The van der Waals surface area contributed by atoms with E-state index in [1.54, 1.807) is 11.0 Å². The summed E-state index contributed by atoms with van der Waals surface area (Å²) in [7, 11) is -3.15. The molecule has 0 unspecified atom stereocenters. The topological polar surface area (TPSA) is 123 Å². The molecule has 1 aromatic carbocycles. The zero-order chi connectivity index (χ0) is 19.9. The number of H-pyrrole nitrogens is 1. The summed E-state index contributed by atoms with van der Waals surface area (Å²) >= 11 is 0. The van der Waals surface area contributed by atoms with Gasteiger partial charge in [0.25, 0.3) is 11.6 Å². The minimum Gasteiger partial charge on any atom is -0.376 e. The molecule has 2 fully saturated rings. The van der Waals surface area contributed by atoms with E-state index in [0.29, 0.717) is 36.0 Å². The van der Waals surface area contributed by atoms with Gasteiger partial charge in [-0.05, 0) is 25.3 Å². The minimum absolute atomic E-state index is 0.0424. The zero-order valence-corrected chi connectivity index (χ0v) is 16.0. The summed E-state index contributed by atoms with van der Waals surface area (Å²) in [6, 6.07) is 3.91. The molecule has 0 aliphatic carbocycles. The van der Waals surface area contributed by atoms with E-state index < -0.39 is 14.8 Å². The van der Waals surface area contributed by atoms with Crippen molar-refractivity contribution >= 4 is 32.3 Å². The average Bonchev–Trinajstić information content (AvgIpc) is 3.38. The first-order chi connectivity index (χ1) is 13.3. The van der Waals surface area contributed by atoms with Crippen LogP contribution in [0.4, 0.5) is 5.69 Å². The largest absolute Gasteiger partial charge is 0.376 e. The number of carbonyl (C=O) groups is 1. The molecule has 2 aliphatic rings. The van der Waals surface area contributed by atoms with E-state index in [4.69, 9.17) is 4.74 Å². The summed E-state index contributed by atoms with van der Waals surface area (Å²) in [6.07, 6.45) is 3.60. The maximum atomic E-state index is 13.3. The standard InChI is InChI=1S/C18H21N3O6S/c22-18(16-9-19-17-8-12(21(23)24)3-4-15(16)17)20(10-14-2-1-6-27-14)13-5-7-28(25,26)11-13/h3-4,8-9,13-14,19H,1-2,5-7,10-11H2/t13-,14-/m1/s1. The molecule has 1 amide bonds. The molecule has 2 aliphatic heterocycles. The molecule has 0 radical (unpaired) electrons. The summed E-state index contributed by atoms with van der Waals surface area (Å²) in [4.78, 5) is 28.4. The predicted octanol–water partition coefficient (Wildman–Crippen LogP) is 1.88. The highest BCUT2D eigenvalue weighted by Crippen LogP contribution is 2.28. The maximum Gasteiger partial charge on any atom is 0.271 e. The number of sulfone groups is 1. The molecule has 0 bridgehead atoms. The Kier molecular flexibility index (Phi) is 4.84. The Hall–Kier alpha value is -2.46. The molecule has 1 N–H and O–H groups in total. The summed E-state index contributed by atoms with van der Waals surface area (Å²) in [5, 5.41) is 11.5. The second-order valence-corrected chi connectivity index (χ2v) is 9.57. The second-order valence-electron chi connectivity index (χ2n) is 7.34. The van der Waals surface area contributed by atoms with Crippen molar-refractivity contribution in [1.82, 2.24) is 9.88 Å². The zero-order valence-electron chi connectivity index (χ0n) is 15.2. The van der Waals surface area contributed by atoms with Crippen LogP contribution in [0.3, 0.4) is 0 Å². The van der Waals surface area contributed by atoms with Gasteiger partial charge in [-0.25, -0.2) is 8.42 Å². The lowest BCUT2D eigenvalue weighted by atomic mass is 10.1. The molecule has 2 saturated heterocycles. The Morgan fingerprint density at radius 3 is 2.82 bits per heavy atom. The Morgan fingerprint density at radius 1 is 1.36 bits per heavy atom. The SMILES string of the molecule is O=C(c1c[nH]c2cc([N+](=O)[O-])ccc12)N(C[C@H]1CCCO1)[C@@H]1CCS(=O)(=O)C1. The Balaban J connectivity index is 1.66. The molecule has 2 aromatic rings. The highest BCUT2D eigenvalue weighted by atomic mass is 32.2. The van der Waals surface area contributed by atoms with Crippen molar-refractivity contribution in [1.29, 1.82) is 0 Å². The third-order valence-electron chi connectivity index (χ3n) is 5.44. The molecular formula is C18H21N3O6S. The number of hydrogen-bond acceptors (Lipinski definition) is 6. The van der Waals surface area contributed by atoms with Gasteiger partial charge in [-0.3, -0.25) is 14.9 Å². The van der Waals surface area contributed by atoms with Crippen molar-refractivity contribution < 1.29 is 22.9 Å². The summed E-state index contributed by atoms with van der Waals surface area (Å²) in [5.74, 6) is -0.246. The van der Waals surface area contributed by atoms with Gasteiger partial charge >= 0.3 is 0 Å². The number of rotatable bonds is 5. The third kappa shape index (κ3) is 3.61. The van der Waals surface area contributed by atoms with Crippen LogP contribution in [0.5, 0.6) is 0 Å². The lowest BCUT2D eigenvalue weighted by molar-refractivity contribution is -0.384. The minimum atomic E-state index is -3.15. The predicted molar refractivity (Wildman–Crippen MR) is 102 cm³/mol. The fraction of sp³-hybridized carbons (Fsp3) is 0.500. The summed E-state index contributed by atoms with van der Waals surface area (Å²) < 4.78 is 29.6. The number of nitrogens with one attached hydrogen (secondary N) is 1. The fourth-order valence-electron chi connectivity index (χ4n) is 3.99. The molecule has 10 heteroatoms. The lowest BCUT2D eigenvalue weighted by Crippen LogP contribution is -2.45. The van der Waals surface area contributed by atoms with Gasteiger partial charge in [-0.1, -0.05) is 0 Å². The summed E-state index contributed by atoms with van der Waals surface area (Å²) in [5.41, 5.74) is 0.812. The average molecular weight is 407 g/mol. The maximum absolute atomic E-state index is 13.3. The van der Waals surface area contributed by atoms with E-state index in [1.807, 2.05) is 0 Å². The van der Waals surface area contributed by atoms with Crippen LogP contribution in [-0.2, 0) is 14.6 Å². The number of aromatic nitrogens is 1. The number of ether oxygens (including phenoxy) is 1. The molecule has 2 atom stereocenters. The van der Waals surface area contributed by atoms with Crippen molar-refractivity contribution in [2.24, 2.45) is 0 Å². The molecule has 0 spiro atoms. The highest BCUT2D eigenvalue weighted by Gasteiger charge is 2.37. The molecule has 1 aromatic heterocycles. The van der Waals surface area contributed by atoms with Crippen LogP contribution < -0.4 is 0 Å². The van der Waals surface area contributed by atoms with Gasteiger partial charge in [0.05, 0.1) is 33.6 Å². The van der Waals surface area contributed by atoms with E-state index in [2.05, 4.69) is 4.98 Å². The first kappa shape index (κ1) is 18.9. The molecule has 0 saturated carbocycles. The van der Waals surface area contributed by atoms with Crippen LogP contribution in [-0.4, -0.2) is 65.9 Å². The number of carbonyl (C=O) groups excluding carboxylic acids is 1. The Bertz CT molecular complexity index is 1030. The number of hydrogen-bond donors (Lipinski definition) is 1. The van der Waals surface area contributed by atoms with Crippen molar-refractivity contribution in [3.63, 3.8) is 0 Å². The third-order valence-corrected chi connectivity index (χ3v) is 7.19. The monoisotopic (exact) mass is 407 g/mol. The van der Waals surface area contributed by atoms with Crippen molar-refractivity contribution in [3.8, 4) is 0 Å². The van der Waals surface area contributed by atoms with Gasteiger partial charge in [-0.2, -0.15) is 0 Å². The molecule has 4 rings (SSSR count). The number of nitro groups is 1. The number of fused-ring (bicyclic) bond motifs is 1. The number of amides is 1. The summed E-state index contributed by atoms with van der Waals surface area (Å²) in [6.45, 7) is 0.991. The normalized spacial score (nSPS) is 23.9. The first-order valence-electron chi connectivity index (χ1n) is 9.22. The first-order valence-corrected chi connectivity index (χ1v) is 11.0. The van der Waals surface area contributed by atoms with Crippen LogP contribution in [0.1, 0.15) is 29.6 Å². The van der Waals surface area contributed by atoms with Crippen LogP contribution in [0.25, 0.3) is 10.9 Å². The fourth-order valence-corrected chi connectivity index (χ4v) is 5.72. The number of non-ortho nitro benzene ring substituents is 1. The van der Waals surface area contributed by atoms with E-state index in [1.165, 1.54) is 18.3 Å². The van der Waals surface area contributed by atoms with Gasteiger partial charge < -0.3 is 14.6 Å². The van der Waals surface area contributed by atoms with E-state index in [-0.39, 0.29) is 35.2 Å². The van der Waals surface area contributed by atoms with E-state index >= 15 is 0 Å². The molecule has 3 heterocycles. The van der Waals surface area contributed by atoms with Gasteiger partial charge in [0.1, 0.15) is 0 Å². The lowest BCUT2D eigenvalue weighted by Gasteiger charge is -2.30. The molecule has 9 nitrogen and oxygen atoms in total. The van der Waals surface area contributed by atoms with Crippen molar-refractivity contribution in [2.75, 3.05) is 24.7 Å². The van der Waals surface area contributed by atoms with Crippen LogP contribution in [0.2, 0.25) is 0 Å². The molecular weight excluding hydrogens is 386 g/mol. The van der Waals surface area contributed by atoms with Gasteiger partial charge in [0.2, 0.25) is 0 Å². The van der Waals surface area contributed by atoms with Gasteiger partial charge in [0.15, 0.2) is 9.84 Å². The Labute approximate surface area is 161 Å². The number of nitro benzene ring substituents is 1. The van der Waals surface area contributed by atoms with Crippen LogP contribution >= 0.6 is 0 Å². The molecule has 28 heavy (non-hydrogen) atoms.